The summed E-state index contributed by atoms with van der Waals surface area (Å²) in [5, 5.41) is 2.65. The highest BCUT2D eigenvalue weighted by Crippen LogP contribution is 2.17. The van der Waals surface area contributed by atoms with Gasteiger partial charge in [-0.2, -0.15) is 0 Å². The number of methoxy groups -OCH3 is 2. The fourth-order valence-corrected chi connectivity index (χ4v) is 2.97. The Labute approximate surface area is 186 Å². The highest BCUT2D eigenvalue weighted by atomic mass is 16.5. The van der Waals surface area contributed by atoms with E-state index in [1.54, 1.807) is 11.8 Å². The molecule has 9 nitrogen and oxygen atoms in total. The SMILES string of the molecule is CCOC(=O)CN(CC(=O)Nc1cc(C(=O)OC)cc(C(=O)OC)c1)Cc1ccccc1. The summed E-state index contributed by atoms with van der Waals surface area (Å²) in [6.07, 6.45) is 0. The standard InChI is InChI=1S/C23H26N2O7/c1-4-32-21(27)15-25(13-16-8-6-5-7-9-16)14-20(26)24-19-11-17(22(28)30-2)10-18(12-19)23(29)31-3/h5-12H,4,13-15H2,1-3H3,(H,24,26). The smallest absolute Gasteiger partial charge is 0.337 e. The summed E-state index contributed by atoms with van der Waals surface area (Å²) in [4.78, 5) is 50.2. The van der Waals surface area contributed by atoms with E-state index in [0.717, 1.165) is 5.56 Å². The average Bonchev–Trinajstić information content (AvgIpc) is 2.78. The molecule has 1 N–H and O–H groups in total. The molecular formula is C23H26N2O7. The fourth-order valence-electron chi connectivity index (χ4n) is 2.97. The number of amides is 1. The van der Waals surface area contributed by atoms with Crippen LogP contribution < -0.4 is 5.32 Å². The van der Waals surface area contributed by atoms with Crippen molar-refractivity contribution in [3.8, 4) is 0 Å². The molecule has 0 atom stereocenters. The van der Waals surface area contributed by atoms with Crippen LogP contribution in [0.4, 0.5) is 5.69 Å². The van der Waals surface area contributed by atoms with E-state index in [4.69, 9.17) is 14.2 Å². The number of carbonyl (C=O) groups is 4. The van der Waals surface area contributed by atoms with E-state index in [1.807, 2.05) is 30.3 Å². The molecule has 32 heavy (non-hydrogen) atoms. The van der Waals surface area contributed by atoms with Crippen LogP contribution in [0.15, 0.2) is 48.5 Å². The Balaban J connectivity index is 2.19. The maximum Gasteiger partial charge on any atom is 0.337 e. The van der Waals surface area contributed by atoms with Gasteiger partial charge in [0.15, 0.2) is 0 Å². The van der Waals surface area contributed by atoms with Gasteiger partial charge in [-0.1, -0.05) is 30.3 Å². The van der Waals surface area contributed by atoms with Crippen molar-refractivity contribution in [1.82, 2.24) is 4.90 Å². The minimum absolute atomic E-state index is 0.0776. The topological polar surface area (TPSA) is 111 Å². The van der Waals surface area contributed by atoms with Gasteiger partial charge in [0.2, 0.25) is 5.91 Å². The van der Waals surface area contributed by atoms with Crippen LogP contribution in [0.3, 0.4) is 0 Å². The van der Waals surface area contributed by atoms with Crippen molar-refractivity contribution >= 4 is 29.5 Å². The quantitative estimate of drug-likeness (QED) is 0.441. The molecule has 0 aromatic heterocycles. The molecule has 0 aliphatic heterocycles. The number of rotatable bonds is 10. The Bertz CT molecular complexity index is 926. The van der Waals surface area contributed by atoms with E-state index in [2.05, 4.69) is 5.32 Å². The first kappa shape index (κ1) is 24.5. The van der Waals surface area contributed by atoms with Crippen LogP contribution in [0.5, 0.6) is 0 Å². The van der Waals surface area contributed by atoms with Gasteiger partial charge < -0.3 is 19.5 Å². The third kappa shape index (κ3) is 7.51. The van der Waals surface area contributed by atoms with E-state index in [0.29, 0.717) is 6.54 Å². The summed E-state index contributed by atoms with van der Waals surface area (Å²) >= 11 is 0. The van der Waals surface area contributed by atoms with E-state index in [-0.39, 0.29) is 36.5 Å². The number of carbonyl (C=O) groups excluding carboxylic acids is 4. The van der Waals surface area contributed by atoms with Crippen molar-refractivity contribution in [3.05, 3.63) is 65.2 Å². The Kier molecular flexibility index (Phi) is 9.37. The molecule has 0 bridgehead atoms. The minimum atomic E-state index is -0.667. The maximum absolute atomic E-state index is 12.7. The first-order valence-electron chi connectivity index (χ1n) is 9.89. The van der Waals surface area contributed by atoms with Crippen molar-refractivity contribution in [2.24, 2.45) is 0 Å². The molecule has 0 heterocycles. The molecule has 0 unspecified atom stereocenters. The molecule has 9 heteroatoms. The van der Waals surface area contributed by atoms with Gasteiger partial charge >= 0.3 is 17.9 Å². The van der Waals surface area contributed by atoms with Gasteiger partial charge in [-0.3, -0.25) is 14.5 Å². The van der Waals surface area contributed by atoms with Crippen LogP contribution in [-0.2, 0) is 30.3 Å². The van der Waals surface area contributed by atoms with Gasteiger partial charge in [-0.15, -0.1) is 0 Å². The highest BCUT2D eigenvalue weighted by Gasteiger charge is 2.18. The van der Waals surface area contributed by atoms with Gasteiger partial charge in [0, 0.05) is 12.2 Å². The molecule has 0 saturated heterocycles. The average molecular weight is 442 g/mol. The number of hydrogen-bond acceptors (Lipinski definition) is 8. The largest absolute Gasteiger partial charge is 0.465 e. The van der Waals surface area contributed by atoms with Gasteiger partial charge in [0.25, 0.3) is 0 Å². The minimum Gasteiger partial charge on any atom is -0.465 e. The second-order valence-corrected chi connectivity index (χ2v) is 6.77. The Morgan fingerprint density at radius 1 is 0.875 bits per heavy atom. The normalized spacial score (nSPS) is 10.4. The second kappa shape index (κ2) is 12.2. The van der Waals surface area contributed by atoms with E-state index >= 15 is 0 Å². The van der Waals surface area contributed by atoms with Crippen molar-refractivity contribution in [2.75, 3.05) is 39.2 Å². The van der Waals surface area contributed by atoms with Gasteiger partial charge in [0.1, 0.15) is 0 Å². The van der Waals surface area contributed by atoms with Crippen LogP contribution in [0, 0.1) is 0 Å². The molecule has 1 amide bonds. The van der Waals surface area contributed by atoms with E-state index in [9.17, 15) is 19.2 Å². The van der Waals surface area contributed by atoms with Gasteiger partial charge in [-0.25, -0.2) is 9.59 Å². The predicted molar refractivity (Wildman–Crippen MR) is 116 cm³/mol. The first-order valence-corrected chi connectivity index (χ1v) is 9.89. The third-order valence-corrected chi connectivity index (χ3v) is 4.33. The lowest BCUT2D eigenvalue weighted by Crippen LogP contribution is -2.37. The molecule has 2 rings (SSSR count). The van der Waals surface area contributed by atoms with Gasteiger partial charge in [0.05, 0.1) is 45.0 Å². The number of benzene rings is 2. The lowest BCUT2D eigenvalue weighted by molar-refractivity contribution is -0.144. The number of nitrogens with one attached hydrogen (secondary N) is 1. The summed E-state index contributed by atoms with van der Waals surface area (Å²) in [6, 6.07) is 13.5. The number of esters is 3. The first-order chi connectivity index (χ1) is 15.4. The van der Waals surface area contributed by atoms with E-state index < -0.39 is 23.8 Å². The van der Waals surface area contributed by atoms with Crippen LogP contribution in [0.1, 0.15) is 33.2 Å². The molecule has 2 aromatic rings. The lowest BCUT2D eigenvalue weighted by Gasteiger charge is -2.21. The van der Waals surface area contributed by atoms with Crippen LogP contribution in [0.2, 0.25) is 0 Å². The zero-order chi connectivity index (χ0) is 23.5. The van der Waals surface area contributed by atoms with Crippen molar-refractivity contribution in [2.45, 2.75) is 13.5 Å². The summed E-state index contributed by atoms with van der Waals surface area (Å²) in [6.45, 7) is 2.10. The molecule has 170 valence electrons. The fraction of sp³-hybridized carbons (Fsp3) is 0.304. The lowest BCUT2D eigenvalue weighted by atomic mass is 10.1. The molecule has 0 saturated carbocycles. The zero-order valence-corrected chi connectivity index (χ0v) is 18.3. The summed E-state index contributed by atoms with van der Waals surface area (Å²) in [5.74, 6) is -2.22. The van der Waals surface area contributed by atoms with Gasteiger partial charge in [-0.05, 0) is 30.7 Å². The Morgan fingerprint density at radius 3 is 2.00 bits per heavy atom. The molecule has 0 fully saturated rings. The van der Waals surface area contributed by atoms with Crippen molar-refractivity contribution < 1.29 is 33.4 Å². The molecule has 2 aromatic carbocycles. The molecule has 0 radical (unpaired) electrons. The number of ether oxygens (including phenoxy) is 3. The summed E-state index contributed by atoms with van der Waals surface area (Å²) < 4.78 is 14.4. The van der Waals surface area contributed by atoms with Crippen molar-refractivity contribution in [1.29, 1.82) is 0 Å². The summed E-state index contributed by atoms with van der Waals surface area (Å²) in [5.41, 5.74) is 1.30. The number of hydrogen-bond donors (Lipinski definition) is 1. The van der Waals surface area contributed by atoms with Crippen LogP contribution >= 0.6 is 0 Å². The van der Waals surface area contributed by atoms with Crippen LogP contribution in [0.25, 0.3) is 0 Å². The number of anilines is 1. The molecular weight excluding hydrogens is 416 g/mol. The van der Waals surface area contributed by atoms with Crippen LogP contribution in [-0.4, -0.2) is 62.6 Å². The second-order valence-electron chi connectivity index (χ2n) is 6.77. The van der Waals surface area contributed by atoms with E-state index in [1.165, 1.54) is 32.4 Å². The van der Waals surface area contributed by atoms with Crippen molar-refractivity contribution in [3.63, 3.8) is 0 Å². The molecule has 0 aliphatic carbocycles. The number of nitrogens with zero attached hydrogens (tertiary/aromatic N) is 1. The maximum atomic E-state index is 12.7. The summed E-state index contributed by atoms with van der Waals surface area (Å²) in [7, 11) is 2.42. The molecule has 0 aliphatic rings. The zero-order valence-electron chi connectivity index (χ0n) is 18.3. The Morgan fingerprint density at radius 2 is 1.47 bits per heavy atom. The highest BCUT2D eigenvalue weighted by molar-refractivity contribution is 5.99. The molecule has 0 spiro atoms. The monoisotopic (exact) mass is 442 g/mol. The Hall–Kier alpha value is -3.72. The third-order valence-electron chi connectivity index (χ3n) is 4.33. The predicted octanol–water partition coefficient (Wildman–Crippen LogP) is 2.26.